The first-order valence-corrected chi connectivity index (χ1v) is 14.4. The third kappa shape index (κ3) is 7.85. The molecular formula is C24H39F3N2O4S. The van der Waals surface area contributed by atoms with Crippen LogP contribution in [0.3, 0.4) is 0 Å². The van der Waals surface area contributed by atoms with Gasteiger partial charge in [-0.05, 0) is 82.0 Å². The predicted octanol–water partition coefficient (Wildman–Crippen LogP) is 4.14. The van der Waals surface area contributed by atoms with Gasteiger partial charge in [0.25, 0.3) is 0 Å². The van der Waals surface area contributed by atoms with Crippen molar-refractivity contribution < 1.29 is 31.2 Å². The topological polar surface area (TPSA) is 92.3 Å². The molecule has 0 heterocycles. The molecule has 3 rings (SSSR count). The van der Waals surface area contributed by atoms with E-state index in [1.165, 1.54) is 13.8 Å². The Bertz CT molecular complexity index is 811. The van der Waals surface area contributed by atoms with Gasteiger partial charge in [-0.15, -0.1) is 0 Å². The molecule has 3 fully saturated rings. The lowest BCUT2D eigenvalue weighted by Crippen LogP contribution is -2.51. The summed E-state index contributed by atoms with van der Waals surface area (Å²) >= 11 is 0. The third-order valence-corrected chi connectivity index (χ3v) is 10.1. The molecule has 1 atom stereocenters. The first-order valence-electron chi connectivity index (χ1n) is 12.7. The summed E-state index contributed by atoms with van der Waals surface area (Å²) in [6, 6.07) is -1.92. The van der Waals surface area contributed by atoms with Crippen molar-refractivity contribution in [2.24, 2.45) is 23.7 Å². The van der Waals surface area contributed by atoms with Crippen LogP contribution in [0.2, 0.25) is 0 Å². The normalized spacial score (nSPS) is 29.5. The summed E-state index contributed by atoms with van der Waals surface area (Å²) in [4.78, 5) is 24.9. The number of alkyl halides is 3. The van der Waals surface area contributed by atoms with Crippen LogP contribution in [0.4, 0.5) is 13.2 Å². The molecule has 0 spiro atoms. The summed E-state index contributed by atoms with van der Waals surface area (Å²) < 4.78 is 64.4. The van der Waals surface area contributed by atoms with Crippen LogP contribution in [-0.2, 0) is 19.4 Å². The first kappa shape index (κ1) is 27.3. The highest BCUT2D eigenvalue weighted by Gasteiger charge is 2.43. The molecule has 0 aromatic rings. The van der Waals surface area contributed by atoms with E-state index in [0.717, 1.165) is 25.7 Å². The van der Waals surface area contributed by atoms with Crippen LogP contribution in [0.25, 0.3) is 0 Å². The van der Waals surface area contributed by atoms with Gasteiger partial charge in [0.15, 0.2) is 9.84 Å². The third-order valence-electron chi connectivity index (χ3n) is 7.72. The van der Waals surface area contributed by atoms with Crippen molar-refractivity contribution in [3.05, 3.63) is 0 Å². The molecule has 2 amide bonds. The fourth-order valence-corrected chi connectivity index (χ4v) is 7.64. The number of carbonyl (C=O) groups is 2. The van der Waals surface area contributed by atoms with E-state index in [0.29, 0.717) is 56.6 Å². The Morgan fingerprint density at radius 2 is 1.44 bits per heavy atom. The lowest BCUT2D eigenvalue weighted by molar-refractivity contribution is -0.171. The second-order valence-corrected chi connectivity index (χ2v) is 13.3. The molecule has 196 valence electrons. The van der Waals surface area contributed by atoms with Gasteiger partial charge < -0.3 is 10.6 Å². The van der Waals surface area contributed by atoms with Crippen molar-refractivity contribution in [2.45, 2.75) is 108 Å². The molecule has 10 heteroatoms. The predicted molar refractivity (Wildman–Crippen MR) is 124 cm³/mol. The standard InChI is InChI=1S/C24H39F3N2O4S/c1-15(2)22(24(25,26)27)29-23(31)18-7-9-19(10-8-18)28-21(30)13-16-5-11-20(12-6-16)34(32,33)14-17-3-4-17/h15-20,22H,3-14H2,1-2H3,(H,28,30)(H,29,31)/t16?,18?,19?,20?,22-/m1/s1. The first-order chi connectivity index (χ1) is 15.8. The lowest BCUT2D eigenvalue weighted by Gasteiger charge is -2.32. The molecule has 3 saturated carbocycles. The van der Waals surface area contributed by atoms with Gasteiger partial charge in [-0.2, -0.15) is 13.2 Å². The van der Waals surface area contributed by atoms with Crippen LogP contribution in [-0.4, -0.2) is 49.5 Å². The van der Waals surface area contributed by atoms with E-state index < -0.39 is 39.8 Å². The molecule has 0 unspecified atom stereocenters. The summed E-state index contributed by atoms with van der Waals surface area (Å²) in [5.41, 5.74) is 0. The smallest absolute Gasteiger partial charge is 0.353 e. The minimum Gasteiger partial charge on any atom is -0.353 e. The van der Waals surface area contributed by atoms with Crippen LogP contribution in [0.1, 0.15) is 84.5 Å². The fourth-order valence-electron chi connectivity index (χ4n) is 5.39. The fraction of sp³-hybridized carbons (Fsp3) is 0.917. The van der Waals surface area contributed by atoms with E-state index in [4.69, 9.17) is 0 Å². The van der Waals surface area contributed by atoms with Crippen molar-refractivity contribution in [3.8, 4) is 0 Å². The average molecular weight is 509 g/mol. The molecule has 0 aromatic heterocycles. The number of halogens is 3. The number of nitrogens with one attached hydrogen (secondary N) is 2. The minimum atomic E-state index is -4.48. The lowest BCUT2D eigenvalue weighted by atomic mass is 9.84. The summed E-state index contributed by atoms with van der Waals surface area (Å²) in [5, 5.41) is 4.92. The van der Waals surface area contributed by atoms with E-state index in [2.05, 4.69) is 10.6 Å². The van der Waals surface area contributed by atoms with Crippen LogP contribution < -0.4 is 10.6 Å². The van der Waals surface area contributed by atoms with Gasteiger partial charge in [-0.1, -0.05) is 13.8 Å². The molecule has 0 aromatic carbocycles. The number of rotatable bonds is 9. The quantitative estimate of drug-likeness (QED) is 0.490. The van der Waals surface area contributed by atoms with Crippen molar-refractivity contribution >= 4 is 21.7 Å². The molecule has 0 radical (unpaired) electrons. The molecule has 0 bridgehead atoms. The highest BCUT2D eigenvalue weighted by Crippen LogP contribution is 2.36. The number of sulfone groups is 1. The van der Waals surface area contributed by atoms with Crippen molar-refractivity contribution in [1.82, 2.24) is 10.6 Å². The SMILES string of the molecule is CC(C)[C@@H](NC(=O)C1CCC(NC(=O)CC2CCC(S(=O)(=O)CC3CC3)CC2)CC1)C(F)(F)F. The number of amides is 2. The summed E-state index contributed by atoms with van der Waals surface area (Å²) in [6.45, 7) is 2.87. The van der Waals surface area contributed by atoms with Crippen molar-refractivity contribution in [3.63, 3.8) is 0 Å². The zero-order valence-electron chi connectivity index (χ0n) is 20.2. The molecule has 3 aliphatic carbocycles. The second-order valence-electron chi connectivity index (χ2n) is 11.0. The zero-order valence-corrected chi connectivity index (χ0v) is 21.0. The second kappa shape index (κ2) is 11.2. The molecule has 0 aliphatic heterocycles. The van der Waals surface area contributed by atoms with Crippen LogP contribution in [0.5, 0.6) is 0 Å². The number of hydrogen-bond acceptors (Lipinski definition) is 4. The summed E-state index contributed by atoms with van der Waals surface area (Å²) in [6.07, 6.45) is 2.70. The van der Waals surface area contributed by atoms with Gasteiger partial charge in [-0.25, -0.2) is 8.42 Å². The van der Waals surface area contributed by atoms with Crippen molar-refractivity contribution in [2.75, 3.05) is 5.75 Å². The van der Waals surface area contributed by atoms with Gasteiger partial charge in [0, 0.05) is 18.4 Å². The summed E-state index contributed by atoms with van der Waals surface area (Å²) in [7, 11) is -3.02. The van der Waals surface area contributed by atoms with Gasteiger partial charge in [0.2, 0.25) is 11.8 Å². The molecule has 3 aliphatic rings. The Morgan fingerprint density at radius 1 is 0.882 bits per heavy atom. The Labute approximate surface area is 201 Å². The largest absolute Gasteiger partial charge is 0.408 e. The maximum atomic E-state index is 13.1. The monoisotopic (exact) mass is 508 g/mol. The Kier molecular flexibility index (Phi) is 8.96. The highest BCUT2D eigenvalue weighted by molar-refractivity contribution is 7.92. The molecule has 6 nitrogen and oxygen atoms in total. The zero-order chi connectivity index (χ0) is 25.1. The summed E-state index contributed by atoms with van der Waals surface area (Å²) in [5.74, 6) is -0.973. The molecule has 2 N–H and O–H groups in total. The van der Waals surface area contributed by atoms with Crippen molar-refractivity contribution in [1.29, 1.82) is 0 Å². The Balaban J connectivity index is 1.36. The molecule has 34 heavy (non-hydrogen) atoms. The van der Waals surface area contributed by atoms with E-state index in [9.17, 15) is 31.2 Å². The average Bonchev–Trinajstić information content (AvgIpc) is 3.55. The molecular weight excluding hydrogens is 469 g/mol. The number of carbonyl (C=O) groups excluding carboxylic acids is 2. The van der Waals surface area contributed by atoms with Gasteiger partial charge in [0.1, 0.15) is 6.04 Å². The van der Waals surface area contributed by atoms with E-state index in [1.807, 2.05) is 0 Å². The van der Waals surface area contributed by atoms with E-state index in [1.54, 1.807) is 0 Å². The Hall–Kier alpha value is -1.32. The maximum absolute atomic E-state index is 13.1. The van der Waals surface area contributed by atoms with Crippen LogP contribution in [0, 0.1) is 23.7 Å². The maximum Gasteiger partial charge on any atom is 0.408 e. The minimum absolute atomic E-state index is 0.0610. The Morgan fingerprint density at radius 3 is 1.94 bits per heavy atom. The number of hydrogen-bond donors (Lipinski definition) is 2. The highest BCUT2D eigenvalue weighted by atomic mass is 32.2. The van der Waals surface area contributed by atoms with E-state index >= 15 is 0 Å². The van der Waals surface area contributed by atoms with Gasteiger partial charge in [0.05, 0.1) is 11.0 Å². The van der Waals surface area contributed by atoms with Gasteiger partial charge >= 0.3 is 6.18 Å². The van der Waals surface area contributed by atoms with Crippen LogP contribution in [0.15, 0.2) is 0 Å². The van der Waals surface area contributed by atoms with Crippen LogP contribution >= 0.6 is 0 Å². The van der Waals surface area contributed by atoms with Gasteiger partial charge in [-0.3, -0.25) is 9.59 Å². The van der Waals surface area contributed by atoms with E-state index in [-0.39, 0.29) is 23.1 Å². The molecule has 0 saturated heterocycles.